The molecule has 28 heavy (non-hydrogen) atoms. The zero-order valence-corrected chi connectivity index (χ0v) is 16.0. The summed E-state index contributed by atoms with van der Waals surface area (Å²) in [6.07, 6.45) is 1.44. The molecular weight excluding hydrogens is 388 g/mol. The number of benzene rings is 1. The topological polar surface area (TPSA) is 128 Å². The van der Waals surface area contributed by atoms with Crippen LogP contribution in [0.3, 0.4) is 0 Å². The number of thioether (sulfide) groups is 1. The minimum Gasteiger partial charge on any atom is -0.469 e. The lowest BCUT2D eigenvalue weighted by molar-refractivity contribution is -0.144. The molecule has 3 amide bonds. The van der Waals surface area contributed by atoms with Gasteiger partial charge in [0, 0.05) is 12.0 Å². The highest BCUT2D eigenvalue weighted by molar-refractivity contribution is 8.18. The van der Waals surface area contributed by atoms with Crippen LogP contribution >= 0.6 is 11.8 Å². The molecule has 0 saturated carbocycles. The largest absolute Gasteiger partial charge is 0.469 e. The first-order valence-corrected chi connectivity index (χ1v) is 8.96. The van der Waals surface area contributed by atoms with E-state index >= 15 is 0 Å². The summed E-state index contributed by atoms with van der Waals surface area (Å²) >= 11 is 0.768. The zero-order valence-electron chi connectivity index (χ0n) is 15.1. The maximum Gasteiger partial charge on any atom is 0.328 e. The molecule has 1 aliphatic rings. The third-order valence-electron chi connectivity index (χ3n) is 3.74. The molecule has 0 aromatic heterocycles. The maximum absolute atomic E-state index is 12.5. The van der Waals surface area contributed by atoms with Crippen LogP contribution in [0.25, 0.3) is 6.08 Å². The van der Waals surface area contributed by atoms with Crippen LogP contribution in [0, 0.1) is 0 Å². The van der Waals surface area contributed by atoms with Crippen LogP contribution in [0.4, 0.5) is 4.79 Å². The molecule has 2 N–H and O–H groups in total. The third kappa shape index (κ3) is 5.68. The van der Waals surface area contributed by atoms with E-state index in [0.29, 0.717) is 5.56 Å². The van der Waals surface area contributed by atoms with E-state index in [9.17, 15) is 24.0 Å². The lowest BCUT2D eigenvalue weighted by Gasteiger charge is -2.16. The van der Waals surface area contributed by atoms with Gasteiger partial charge in [0.15, 0.2) is 0 Å². The third-order valence-corrected chi connectivity index (χ3v) is 4.56. The number of imide groups is 1. The number of carbonyl (C=O) groups excluding carboxylic acids is 5. The molecule has 148 valence electrons. The molecule has 1 fully saturated rings. The Balaban J connectivity index is 2.13. The van der Waals surface area contributed by atoms with Crippen molar-refractivity contribution in [3.8, 4) is 0 Å². The fourth-order valence-corrected chi connectivity index (χ4v) is 3.02. The molecule has 1 heterocycles. The van der Waals surface area contributed by atoms with Crippen LogP contribution in [0.1, 0.15) is 28.8 Å². The number of esters is 2. The number of hydrogen-bond acceptors (Lipinski definition) is 8. The van der Waals surface area contributed by atoms with E-state index in [1.165, 1.54) is 32.4 Å². The molecule has 9 nitrogen and oxygen atoms in total. The van der Waals surface area contributed by atoms with E-state index in [-0.39, 0.29) is 23.3 Å². The van der Waals surface area contributed by atoms with E-state index in [4.69, 9.17) is 0 Å². The summed E-state index contributed by atoms with van der Waals surface area (Å²) in [5.74, 6) is -2.26. The van der Waals surface area contributed by atoms with Crippen LogP contribution in [0.15, 0.2) is 29.2 Å². The van der Waals surface area contributed by atoms with Crippen LogP contribution in [-0.4, -0.2) is 49.3 Å². The van der Waals surface area contributed by atoms with Gasteiger partial charge >= 0.3 is 11.9 Å². The van der Waals surface area contributed by atoms with Crippen molar-refractivity contribution in [2.75, 3.05) is 14.2 Å². The summed E-state index contributed by atoms with van der Waals surface area (Å²) in [7, 11) is 2.41. The summed E-state index contributed by atoms with van der Waals surface area (Å²) in [6, 6.07) is 5.28. The van der Waals surface area contributed by atoms with Crippen molar-refractivity contribution in [1.29, 1.82) is 0 Å². The van der Waals surface area contributed by atoms with Crippen LogP contribution in [0.5, 0.6) is 0 Å². The second-order valence-electron chi connectivity index (χ2n) is 5.64. The average molecular weight is 406 g/mol. The molecule has 0 bridgehead atoms. The highest BCUT2D eigenvalue weighted by Gasteiger charge is 2.25. The molecule has 1 aliphatic heterocycles. The number of carbonyl (C=O) groups is 5. The normalized spacial score (nSPS) is 15.7. The Labute approximate surface area is 164 Å². The van der Waals surface area contributed by atoms with Crippen LogP contribution in [-0.2, 0) is 23.9 Å². The monoisotopic (exact) mass is 406 g/mol. The molecular formula is C18H18N2O7S. The molecule has 1 saturated heterocycles. The SMILES string of the molecule is COC(=O)CC[C@@H](NC(=O)c1cccc(/C=C2\SC(=O)NC2=O)c1)C(=O)OC. The summed E-state index contributed by atoms with van der Waals surface area (Å²) < 4.78 is 9.18. The molecule has 0 unspecified atom stereocenters. The molecule has 1 aromatic rings. The Morgan fingerprint density at radius 1 is 1.21 bits per heavy atom. The van der Waals surface area contributed by atoms with Crippen LogP contribution in [0.2, 0.25) is 0 Å². The molecule has 0 spiro atoms. The number of nitrogens with one attached hydrogen (secondary N) is 2. The first-order chi connectivity index (χ1) is 13.3. The molecule has 0 radical (unpaired) electrons. The van der Waals surface area contributed by atoms with Gasteiger partial charge in [-0.25, -0.2) is 4.79 Å². The Morgan fingerprint density at radius 3 is 2.57 bits per heavy atom. The van der Waals surface area contributed by atoms with Gasteiger partial charge in [-0.1, -0.05) is 12.1 Å². The zero-order chi connectivity index (χ0) is 20.7. The molecule has 1 aromatic carbocycles. The smallest absolute Gasteiger partial charge is 0.328 e. The number of amides is 3. The van der Waals surface area contributed by atoms with Crippen molar-refractivity contribution in [3.05, 3.63) is 40.3 Å². The lowest BCUT2D eigenvalue weighted by Crippen LogP contribution is -2.41. The fourth-order valence-electron chi connectivity index (χ4n) is 2.34. The van der Waals surface area contributed by atoms with Gasteiger partial charge in [0.05, 0.1) is 19.1 Å². The van der Waals surface area contributed by atoms with Crippen molar-refractivity contribution in [3.63, 3.8) is 0 Å². The number of hydrogen-bond donors (Lipinski definition) is 2. The van der Waals surface area contributed by atoms with Crippen molar-refractivity contribution in [2.24, 2.45) is 0 Å². The first-order valence-electron chi connectivity index (χ1n) is 8.14. The number of methoxy groups -OCH3 is 2. The molecule has 1 atom stereocenters. The predicted octanol–water partition coefficient (Wildman–Crippen LogP) is 1.24. The van der Waals surface area contributed by atoms with E-state index < -0.39 is 35.0 Å². The van der Waals surface area contributed by atoms with Crippen molar-refractivity contribution >= 4 is 46.8 Å². The van der Waals surface area contributed by atoms with E-state index in [1.807, 2.05) is 0 Å². The van der Waals surface area contributed by atoms with Crippen molar-refractivity contribution in [2.45, 2.75) is 18.9 Å². The highest BCUT2D eigenvalue weighted by atomic mass is 32.2. The van der Waals surface area contributed by atoms with Gasteiger partial charge < -0.3 is 14.8 Å². The Bertz CT molecular complexity index is 850. The van der Waals surface area contributed by atoms with Crippen molar-refractivity contribution in [1.82, 2.24) is 10.6 Å². The number of rotatable bonds is 7. The van der Waals surface area contributed by atoms with Gasteiger partial charge in [0.1, 0.15) is 6.04 Å². The maximum atomic E-state index is 12.5. The minimum absolute atomic E-state index is 0.0216. The first kappa shape index (κ1) is 21.2. The molecule has 10 heteroatoms. The van der Waals surface area contributed by atoms with Gasteiger partial charge in [-0.15, -0.1) is 0 Å². The number of ether oxygens (including phenoxy) is 2. The van der Waals surface area contributed by atoms with Gasteiger partial charge in [0.25, 0.3) is 17.1 Å². The second kappa shape index (κ2) is 9.70. The van der Waals surface area contributed by atoms with E-state index in [0.717, 1.165) is 11.8 Å². The molecule has 2 rings (SSSR count). The lowest BCUT2D eigenvalue weighted by atomic mass is 10.1. The second-order valence-corrected chi connectivity index (χ2v) is 6.66. The summed E-state index contributed by atoms with van der Waals surface area (Å²) in [4.78, 5) is 58.7. The van der Waals surface area contributed by atoms with Gasteiger partial charge in [0.2, 0.25) is 0 Å². The van der Waals surface area contributed by atoms with Gasteiger partial charge in [-0.2, -0.15) is 0 Å². The molecule has 0 aliphatic carbocycles. The summed E-state index contributed by atoms with van der Waals surface area (Å²) in [5.41, 5.74) is 0.764. The fraction of sp³-hybridized carbons (Fsp3) is 0.278. The minimum atomic E-state index is -1.02. The Morgan fingerprint density at radius 2 is 1.96 bits per heavy atom. The van der Waals surface area contributed by atoms with Gasteiger partial charge in [-0.3, -0.25) is 24.5 Å². The summed E-state index contributed by atoms with van der Waals surface area (Å²) in [5, 5.41) is 4.20. The van der Waals surface area contributed by atoms with Gasteiger partial charge in [-0.05, 0) is 42.0 Å². The Kier molecular flexibility index (Phi) is 7.33. The highest BCUT2D eigenvalue weighted by Crippen LogP contribution is 2.25. The van der Waals surface area contributed by atoms with Crippen LogP contribution < -0.4 is 10.6 Å². The quantitative estimate of drug-likeness (QED) is 0.511. The van der Waals surface area contributed by atoms with E-state index in [2.05, 4.69) is 20.1 Å². The standard InChI is InChI=1S/C18H18N2O7S/c1-26-14(21)7-6-12(17(24)27-2)19-15(22)11-5-3-4-10(8-11)9-13-16(23)20-18(25)28-13/h3-5,8-9,12H,6-7H2,1-2H3,(H,19,22)(H,20,23,25)/b13-9-/t12-/m1/s1. The van der Waals surface area contributed by atoms with E-state index in [1.54, 1.807) is 12.1 Å². The predicted molar refractivity (Wildman–Crippen MR) is 100 cm³/mol. The van der Waals surface area contributed by atoms with Crippen molar-refractivity contribution < 1.29 is 33.4 Å². The Hall–Kier alpha value is -3.14. The average Bonchev–Trinajstić information content (AvgIpc) is 3.00. The summed E-state index contributed by atoms with van der Waals surface area (Å²) in [6.45, 7) is 0.